The number of allylic oxidation sites excluding steroid dienone is 9. The lowest BCUT2D eigenvalue weighted by molar-refractivity contribution is -0.162. The molecule has 5 nitrogen and oxygen atoms in total. The zero-order valence-electron chi connectivity index (χ0n) is 37.1. The minimum atomic E-state index is -0.570. The largest absolute Gasteiger partial charge is 0.461 e. The molecule has 0 bridgehead atoms. The number of rotatable bonds is 43. The van der Waals surface area contributed by atoms with Gasteiger partial charge in [-0.15, -0.1) is 0 Å². The monoisotopic (exact) mass is 783 g/mol. The van der Waals surface area contributed by atoms with E-state index in [-0.39, 0.29) is 31.6 Å². The van der Waals surface area contributed by atoms with Gasteiger partial charge in [-0.25, -0.2) is 0 Å². The van der Waals surface area contributed by atoms with Gasteiger partial charge >= 0.3 is 11.9 Å². The zero-order valence-corrected chi connectivity index (χ0v) is 37.1. The van der Waals surface area contributed by atoms with E-state index in [1.165, 1.54) is 135 Å². The summed E-state index contributed by atoms with van der Waals surface area (Å²) in [5, 5.41) is 0. The second kappa shape index (κ2) is 47.0. The Balaban J connectivity index is 4.37. The Hall–Kier alpha value is -2.40. The number of esters is 2. The highest BCUT2D eigenvalue weighted by molar-refractivity contribution is 5.71. The van der Waals surface area contributed by atoms with Gasteiger partial charge in [-0.3, -0.25) is 9.59 Å². The van der Waals surface area contributed by atoms with Crippen LogP contribution in [0.3, 0.4) is 0 Å². The lowest BCUT2D eigenvalue weighted by Crippen LogP contribution is -2.30. The van der Waals surface area contributed by atoms with E-state index in [0.29, 0.717) is 13.0 Å². The Morgan fingerprint density at radius 3 is 1.21 bits per heavy atom. The Labute approximate surface area is 347 Å². The number of carbonyl (C=O) groups is 2. The molecular weight excluding hydrogens is 693 g/mol. The Morgan fingerprint density at radius 2 is 0.786 bits per heavy atom. The van der Waals surface area contributed by atoms with Gasteiger partial charge in [0.05, 0.1) is 13.0 Å². The lowest BCUT2D eigenvalue weighted by atomic mass is 10.0. The molecule has 0 aromatic carbocycles. The second-order valence-electron chi connectivity index (χ2n) is 15.7. The zero-order chi connectivity index (χ0) is 40.7. The van der Waals surface area contributed by atoms with Crippen molar-refractivity contribution >= 4 is 11.9 Å². The molecule has 1 unspecified atom stereocenters. The number of carbonyl (C=O) groups excluding carboxylic acids is 2. The number of hydrogen-bond acceptors (Lipinski definition) is 5. The van der Waals surface area contributed by atoms with Crippen LogP contribution in [0.5, 0.6) is 0 Å². The third-order valence-corrected chi connectivity index (χ3v) is 10.1. The molecule has 56 heavy (non-hydrogen) atoms. The maximum Gasteiger partial charge on any atom is 0.309 e. The van der Waals surface area contributed by atoms with Crippen LogP contribution in [0.25, 0.3) is 0 Å². The maximum atomic E-state index is 12.7. The molecule has 0 radical (unpaired) electrons. The van der Waals surface area contributed by atoms with Crippen molar-refractivity contribution in [3.8, 4) is 0 Å². The van der Waals surface area contributed by atoms with Gasteiger partial charge in [-0.1, -0.05) is 229 Å². The molecule has 5 heteroatoms. The maximum absolute atomic E-state index is 12.7. The van der Waals surface area contributed by atoms with Crippen LogP contribution in [0.4, 0.5) is 0 Å². The van der Waals surface area contributed by atoms with E-state index in [2.05, 4.69) is 69.4 Å². The van der Waals surface area contributed by atoms with Gasteiger partial charge in [-0.05, 0) is 44.9 Å². The first-order chi connectivity index (χ1) is 27.6. The number of unbranched alkanes of at least 4 members (excludes halogenated alkanes) is 23. The average Bonchev–Trinajstić information content (AvgIpc) is 3.20. The van der Waals surface area contributed by atoms with Crippen molar-refractivity contribution in [1.29, 1.82) is 0 Å². The summed E-state index contributed by atoms with van der Waals surface area (Å²) in [6.07, 6.45) is 58.1. The van der Waals surface area contributed by atoms with Crippen LogP contribution in [0.1, 0.15) is 226 Å². The van der Waals surface area contributed by atoms with Gasteiger partial charge in [0.1, 0.15) is 6.61 Å². The van der Waals surface area contributed by atoms with E-state index in [4.69, 9.17) is 14.2 Å². The van der Waals surface area contributed by atoms with Crippen molar-refractivity contribution in [1.82, 2.24) is 0 Å². The fourth-order valence-electron chi connectivity index (χ4n) is 6.58. The Kier molecular flexibility index (Phi) is 45.0. The summed E-state index contributed by atoms with van der Waals surface area (Å²) in [5.41, 5.74) is 0. The first-order valence-corrected chi connectivity index (χ1v) is 23.8. The highest BCUT2D eigenvalue weighted by Gasteiger charge is 2.17. The third kappa shape index (κ3) is 44.3. The molecule has 0 amide bonds. The summed E-state index contributed by atoms with van der Waals surface area (Å²) in [4.78, 5) is 25.2. The molecule has 0 fully saturated rings. The topological polar surface area (TPSA) is 61.8 Å². The van der Waals surface area contributed by atoms with Gasteiger partial charge in [0.25, 0.3) is 0 Å². The van der Waals surface area contributed by atoms with E-state index < -0.39 is 6.10 Å². The summed E-state index contributed by atoms with van der Waals surface area (Å²) < 4.78 is 17.2. The molecule has 0 N–H and O–H groups in total. The molecule has 0 spiro atoms. The van der Waals surface area contributed by atoms with Crippen LogP contribution in [-0.2, 0) is 23.8 Å². The molecule has 0 aromatic heterocycles. The summed E-state index contributed by atoms with van der Waals surface area (Å²) in [6, 6.07) is 0. The highest BCUT2D eigenvalue weighted by Crippen LogP contribution is 2.15. The van der Waals surface area contributed by atoms with E-state index >= 15 is 0 Å². The first-order valence-electron chi connectivity index (χ1n) is 23.8. The van der Waals surface area contributed by atoms with Gasteiger partial charge in [0.15, 0.2) is 6.10 Å². The van der Waals surface area contributed by atoms with Crippen molar-refractivity contribution < 1.29 is 23.8 Å². The van der Waals surface area contributed by atoms with Crippen LogP contribution in [0.15, 0.2) is 60.8 Å². The first kappa shape index (κ1) is 53.6. The third-order valence-electron chi connectivity index (χ3n) is 10.1. The fraction of sp³-hybridized carbons (Fsp3) is 0.765. The second-order valence-corrected chi connectivity index (χ2v) is 15.7. The Morgan fingerprint density at radius 1 is 0.411 bits per heavy atom. The predicted octanol–water partition coefficient (Wildman–Crippen LogP) is 15.8. The van der Waals surface area contributed by atoms with Crippen LogP contribution in [0.2, 0.25) is 0 Å². The Bertz CT molecular complexity index is 977. The minimum Gasteiger partial charge on any atom is -0.461 e. The standard InChI is InChI=1S/C51H90O5/c1-4-7-10-13-16-19-22-25-26-28-29-32-35-38-41-44-50(52)55-48-49(47-54-46-43-40-37-34-31-24-21-18-15-12-9-6-3)56-51(53)45-42-39-36-33-30-27-23-20-17-14-11-8-5-2/h7,10,16,19,25-26,29,32,38,41,49H,4-6,8-9,11-15,17-18,20-24,27-28,30-31,33-37,39-40,42-48H2,1-3H3/b10-7-,19-16-,26-25-,32-29-,41-38-. The normalized spacial score (nSPS) is 12.7. The van der Waals surface area contributed by atoms with Crippen molar-refractivity contribution in [2.45, 2.75) is 232 Å². The van der Waals surface area contributed by atoms with E-state index in [0.717, 1.165) is 57.8 Å². The molecule has 324 valence electrons. The van der Waals surface area contributed by atoms with Crippen LogP contribution in [-0.4, -0.2) is 37.9 Å². The van der Waals surface area contributed by atoms with Gasteiger partial charge in [0.2, 0.25) is 0 Å². The summed E-state index contributed by atoms with van der Waals surface area (Å²) in [5.74, 6) is -0.536. The molecular formula is C51H90O5. The average molecular weight is 783 g/mol. The van der Waals surface area contributed by atoms with E-state index in [1.54, 1.807) is 0 Å². The number of hydrogen-bond donors (Lipinski definition) is 0. The SMILES string of the molecule is CC/C=C\C/C=C\C/C=C\C/C=C\C/C=C\CC(=O)OCC(COCCCCCCCCCCCCCC)OC(=O)CCCCCCCCCCCCCCC. The van der Waals surface area contributed by atoms with Crippen molar-refractivity contribution in [3.63, 3.8) is 0 Å². The smallest absolute Gasteiger partial charge is 0.309 e. The summed E-state index contributed by atoms with van der Waals surface area (Å²) >= 11 is 0. The van der Waals surface area contributed by atoms with Gasteiger partial charge in [-0.2, -0.15) is 0 Å². The molecule has 0 aliphatic rings. The molecule has 0 aliphatic heterocycles. The van der Waals surface area contributed by atoms with Crippen LogP contribution >= 0.6 is 0 Å². The number of ether oxygens (including phenoxy) is 3. The molecule has 0 aliphatic carbocycles. The highest BCUT2D eigenvalue weighted by atomic mass is 16.6. The molecule has 0 heterocycles. The van der Waals surface area contributed by atoms with Gasteiger partial charge < -0.3 is 14.2 Å². The molecule has 1 atom stereocenters. The van der Waals surface area contributed by atoms with Crippen LogP contribution < -0.4 is 0 Å². The summed E-state index contributed by atoms with van der Waals surface area (Å²) in [6.45, 7) is 7.62. The lowest BCUT2D eigenvalue weighted by Gasteiger charge is -2.18. The summed E-state index contributed by atoms with van der Waals surface area (Å²) in [7, 11) is 0. The predicted molar refractivity (Wildman–Crippen MR) is 242 cm³/mol. The van der Waals surface area contributed by atoms with Crippen molar-refractivity contribution in [2.24, 2.45) is 0 Å². The van der Waals surface area contributed by atoms with E-state index in [1.807, 2.05) is 12.2 Å². The quantitative estimate of drug-likeness (QED) is 0.0350. The van der Waals surface area contributed by atoms with Crippen molar-refractivity contribution in [2.75, 3.05) is 19.8 Å². The molecule has 0 saturated carbocycles. The molecule has 0 aromatic rings. The fourth-order valence-corrected chi connectivity index (χ4v) is 6.58. The van der Waals surface area contributed by atoms with Crippen molar-refractivity contribution in [3.05, 3.63) is 60.8 Å². The molecule has 0 rings (SSSR count). The van der Waals surface area contributed by atoms with Gasteiger partial charge in [0, 0.05) is 13.0 Å². The van der Waals surface area contributed by atoms with E-state index in [9.17, 15) is 9.59 Å². The van der Waals surface area contributed by atoms with Crippen LogP contribution in [0, 0.1) is 0 Å². The molecule has 0 saturated heterocycles. The minimum absolute atomic E-state index is 0.0341.